The predicted octanol–water partition coefficient (Wildman–Crippen LogP) is 4.17. The maximum atomic E-state index is 12.8. The van der Waals surface area contributed by atoms with Crippen molar-refractivity contribution in [3.05, 3.63) is 84.3 Å². The first-order valence-electron chi connectivity index (χ1n) is 9.51. The monoisotopic (exact) mass is 400 g/mol. The quantitative estimate of drug-likeness (QED) is 0.695. The van der Waals surface area contributed by atoms with Crippen LogP contribution in [0.5, 0.6) is 11.8 Å². The van der Waals surface area contributed by atoms with Crippen molar-refractivity contribution in [2.45, 2.75) is 19.4 Å². The van der Waals surface area contributed by atoms with Gasteiger partial charge in [-0.2, -0.15) is 0 Å². The standard InChI is InChI=1S/C23H20N4O3/c1-16(28)27-13-10-17-6-2-3-9-20(17)21(27)15-22(29)26-18-7-4-8-19(14-18)30-23-24-11-5-12-25-23/h2-14,21H,15H2,1H3,(H,26,29)/t21-/m1/s1. The molecule has 150 valence electrons. The SMILES string of the molecule is CC(=O)N1C=Cc2ccccc2[C@H]1CC(=O)Nc1cccc(Oc2ncccn2)c1. The molecule has 7 nitrogen and oxygen atoms in total. The fraction of sp³-hybridized carbons (Fsp3) is 0.130. The summed E-state index contributed by atoms with van der Waals surface area (Å²) in [5.41, 5.74) is 2.54. The number of fused-ring (bicyclic) bond motifs is 1. The molecule has 3 aromatic rings. The van der Waals surface area contributed by atoms with E-state index in [-0.39, 0.29) is 30.3 Å². The zero-order chi connectivity index (χ0) is 20.9. The molecule has 0 unspecified atom stereocenters. The largest absolute Gasteiger partial charge is 0.424 e. The van der Waals surface area contributed by atoms with Gasteiger partial charge in [0.15, 0.2) is 0 Å². The van der Waals surface area contributed by atoms with Crippen molar-refractivity contribution in [3.8, 4) is 11.8 Å². The average molecular weight is 400 g/mol. The first-order valence-corrected chi connectivity index (χ1v) is 9.51. The molecule has 0 spiro atoms. The summed E-state index contributed by atoms with van der Waals surface area (Å²) >= 11 is 0. The highest BCUT2D eigenvalue weighted by molar-refractivity contribution is 5.92. The lowest BCUT2D eigenvalue weighted by Gasteiger charge is -2.32. The second kappa shape index (κ2) is 8.57. The molecule has 1 atom stereocenters. The Labute approximate surface area is 174 Å². The van der Waals surface area contributed by atoms with Crippen molar-refractivity contribution in [1.82, 2.24) is 14.9 Å². The van der Waals surface area contributed by atoms with Crippen LogP contribution >= 0.6 is 0 Å². The van der Waals surface area contributed by atoms with Gasteiger partial charge in [-0.3, -0.25) is 9.59 Å². The van der Waals surface area contributed by atoms with Crippen molar-refractivity contribution in [3.63, 3.8) is 0 Å². The molecule has 2 heterocycles. The number of nitrogens with zero attached hydrogens (tertiary/aromatic N) is 3. The average Bonchev–Trinajstić information content (AvgIpc) is 2.74. The van der Waals surface area contributed by atoms with Crippen molar-refractivity contribution < 1.29 is 14.3 Å². The van der Waals surface area contributed by atoms with Gasteiger partial charge in [0.05, 0.1) is 12.5 Å². The molecule has 1 aliphatic rings. The summed E-state index contributed by atoms with van der Waals surface area (Å²) in [6.45, 7) is 1.50. The molecule has 0 bridgehead atoms. The van der Waals surface area contributed by atoms with Gasteiger partial charge in [-0.15, -0.1) is 0 Å². The molecule has 1 N–H and O–H groups in total. The highest BCUT2D eigenvalue weighted by Crippen LogP contribution is 2.33. The lowest BCUT2D eigenvalue weighted by atomic mass is 9.93. The van der Waals surface area contributed by atoms with E-state index in [1.807, 2.05) is 30.3 Å². The first kappa shape index (κ1) is 19.3. The van der Waals surface area contributed by atoms with Crippen LogP contribution in [0, 0.1) is 0 Å². The van der Waals surface area contributed by atoms with Gasteiger partial charge in [0.2, 0.25) is 11.8 Å². The van der Waals surface area contributed by atoms with E-state index in [4.69, 9.17) is 4.74 Å². The van der Waals surface area contributed by atoms with Gasteiger partial charge in [-0.25, -0.2) is 9.97 Å². The molecule has 0 saturated carbocycles. The Morgan fingerprint density at radius 3 is 2.67 bits per heavy atom. The van der Waals surface area contributed by atoms with E-state index in [0.29, 0.717) is 11.4 Å². The molecule has 1 aromatic heterocycles. The fourth-order valence-corrected chi connectivity index (χ4v) is 3.38. The summed E-state index contributed by atoms with van der Waals surface area (Å²) in [5.74, 6) is 0.191. The molecule has 4 rings (SSSR count). The Kier molecular flexibility index (Phi) is 5.52. The Morgan fingerprint density at radius 2 is 1.87 bits per heavy atom. The Balaban J connectivity index is 1.48. The van der Waals surface area contributed by atoms with Gasteiger partial charge in [0.1, 0.15) is 5.75 Å². The topological polar surface area (TPSA) is 84.4 Å². The molecule has 1 aliphatic heterocycles. The summed E-state index contributed by atoms with van der Waals surface area (Å²) in [6.07, 6.45) is 6.93. The Bertz CT molecular complexity index is 1100. The van der Waals surface area contributed by atoms with E-state index in [1.54, 1.807) is 53.8 Å². The van der Waals surface area contributed by atoms with Crippen LogP contribution in [-0.4, -0.2) is 26.7 Å². The minimum absolute atomic E-state index is 0.114. The number of hydrogen-bond donors (Lipinski definition) is 1. The summed E-state index contributed by atoms with van der Waals surface area (Å²) in [6, 6.07) is 16.3. The molecule has 30 heavy (non-hydrogen) atoms. The molecule has 0 radical (unpaired) electrons. The third-order valence-corrected chi connectivity index (χ3v) is 4.72. The summed E-state index contributed by atoms with van der Waals surface area (Å²) in [5, 5.41) is 2.88. The highest BCUT2D eigenvalue weighted by atomic mass is 16.5. The van der Waals surface area contributed by atoms with Crippen LogP contribution in [0.25, 0.3) is 6.08 Å². The maximum Gasteiger partial charge on any atom is 0.321 e. The molecule has 0 saturated heterocycles. The molecule has 2 aromatic carbocycles. The third-order valence-electron chi connectivity index (χ3n) is 4.72. The van der Waals surface area contributed by atoms with E-state index in [0.717, 1.165) is 11.1 Å². The number of carbonyl (C=O) groups is 2. The van der Waals surface area contributed by atoms with Crippen LogP contribution in [0.1, 0.15) is 30.5 Å². The van der Waals surface area contributed by atoms with Crippen molar-refractivity contribution in [2.24, 2.45) is 0 Å². The Morgan fingerprint density at radius 1 is 1.07 bits per heavy atom. The van der Waals surface area contributed by atoms with Crippen LogP contribution in [0.2, 0.25) is 0 Å². The summed E-state index contributed by atoms with van der Waals surface area (Å²) in [7, 11) is 0. The van der Waals surface area contributed by atoms with Gasteiger partial charge < -0.3 is 15.0 Å². The van der Waals surface area contributed by atoms with Gasteiger partial charge in [0, 0.05) is 37.3 Å². The van der Waals surface area contributed by atoms with Crippen LogP contribution in [0.3, 0.4) is 0 Å². The van der Waals surface area contributed by atoms with Crippen molar-refractivity contribution in [1.29, 1.82) is 0 Å². The van der Waals surface area contributed by atoms with Crippen LogP contribution in [-0.2, 0) is 9.59 Å². The zero-order valence-electron chi connectivity index (χ0n) is 16.4. The smallest absolute Gasteiger partial charge is 0.321 e. The highest BCUT2D eigenvalue weighted by Gasteiger charge is 2.28. The molecular formula is C23H20N4O3. The van der Waals surface area contributed by atoms with Crippen molar-refractivity contribution in [2.75, 3.05) is 5.32 Å². The van der Waals surface area contributed by atoms with Crippen molar-refractivity contribution >= 4 is 23.6 Å². The number of anilines is 1. The van der Waals surface area contributed by atoms with E-state index < -0.39 is 0 Å². The normalized spacial score (nSPS) is 14.7. The van der Waals surface area contributed by atoms with E-state index in [1.165, 1.54) is 6.92 Å². The number of rotatable bonds is 5. The van der Waals surface area contributed by atoms with Crippen LogP contribution in [0.15, 0.2) is 73.2 Å². The van der Waals surface area contributed by atoms with Gasteiger partial charge in [-0.05, 0) is 35.4 Å². The lowest BCUT2D eigenvalue weighted by molar-refractivity contribution is -0.129. The zero-order valence-corrected chi connectivity index (χ0v) is 16.4. The van der Waals surface area contributed by atoms with Gasteiger partial charge in [-0.1, -0.05) is 30.3 Å². The van der Waals surface area contributed by atoms with E-state index in [9.17, 15) is 9.59 Å². The number of ether oxygens (including phenoxy) is 1. The summed E-state index contributed by atoms with van der Waals surface area (Å²) < 4.78 is 5.61. The first-order chi connectivity index (χ1) is 14.6. The molecule has 2 amide bonds. The number of hydrogen-bond acceptors (Lipinski definition) is 5. The van der Waals surface area contributed by atoms with Gasteiger partial charge in [0.25, 0.3) is 0 Å². The third kappa shape index (κ3) is 4.35. The number of nitrogens with one attached hydrogen (secondary N) is 1. The minimum atomic E-state index is -0.360. The molecule has 0 aliphatic carbocycles. The second-order valence-electron chi connectivity index (χ2n) is 6.80. The van der Waals surface area contributed by atoms with E-state index in [2.05, 4.69) is 15.3 Å². The molecule has 0 fully saturated rings. The fourth-order valence-electron chi connectivity index (χ4n) is 3.38. The van der Waals surface area contributed by atoms with Crippen LogP contribution < -0.4 is 10.1 Å². The number of carbonyl (C=O) groups excluding carboxylic acids is 2. The lowest BCUT2D eigenvalue weighted by Crippen LogP contribution is -2.33. The second-order valence-corrected chi connectivity index (χ2v) is 6.80. The number of benzene rings is 2. The van der Waals surface area contributed by atoms with Gasteiger partial charge >= 0.3 is 6.01 Å². The maximum absolute atomic E-state index is 12.8. The summed E-state index contributed by atoms with van der Waals surface area (Å²) in [4.78, 5) is 34.5. The number of amides is 2. The van der Waals surface area contributed by atoms with Crippen LogP contribution in [0.4, 0.5) is 5.69 Å². The minimum Gasteiger partial charge on any atom is -0.424 e. The Hall–Kier alpha value is -4.00. The molecular weight excluding hydrogens is 380 g/mol. The molecule has 7 heteroatoms. The predicted molar refractivity (Wildman–Crippen MR) is 113 cm³/mol. The number of aromatic nitrogens is 2. The van der Waals surface area contributed by atoms with E-state index >= 15 is 0 Å².